The summed E-state index contributed by atoms with van der Waals surface area (Å²) in [5, 5.41) is 5.82. The predicted molar refractivity (Wildman–Crippen MR) is 108 cm³/mol. The summed E-state index contributed by atoms with van der Waals surface area (Å²) in [4.78, 5) is 25.0. The molecule has 0 saturated heterocycles. The molecule has 144 valence electrons. The minimum Gasteiger partial charge on any atom is -0.497 e. The first-order valence-corrected chi connectivity index (χ1v) is 8.94. The van der Waals surface area contributed by atoms with Gasteiger partial charge in [0, 0.05) is 30.5 Å². The van der Waals surface area contributed by atoms with Crippen molar-refractivity contribution in [3.63, 3.8) is 0 Å². The van der Waals surface area contributed by atoms with E-state index in [0.29, 0.717) is 23.6 Å². The largest absolute Gasteiger partial charge is 0.497 e. The number of nitrogens with one attached hydrogen (secondary N) is 2. The molecular weight excluding hydrogens is 342 g/mol. The molecule has 0 aliphatic carbocycles. The lowest BCUT2D eigenvalue weighted by Crippen LogP contribution is -2.32. The highest BCUT2D eigenvalue weighted by Gasteiger charge is 2.15. The van der Waals surface area contributed by atoms with Crippen molar-refractivity contribution in [1.82, 2.24) is 15.2 Å². The van der Waals surface area contributed by atoms with Crippen molar-refractivity contribution in [2.24, 2.45) is 0 Å². The lowest BCUT2D eigenvalue weighted by molar-refractivity contribution is 0.0961. The summed E-state index contributed by atoms with van der Waals surface area (Å²) in [6, 6.07) is 9.31. The van der Waals surface area contributed by atoms with E-state index in [1.807, 2.05) is 24.3 Å². The predicted octanol–water partition coefficient (Wildman–Crippen LogP) is 2.62. The Bertz CT molecular complexity index is 886. The number of hydrogen-bond acceptors (Lipinski definition) is 4. The van der Waals surface area contributed by atoms with Crippen molar-refractivity contribution in [3.8, 4) is 5.75 Å². The van der Waals surface area contributed by atoms with Crippen LogP contribution in [0.1, 0.15) is 41.8 Å². The van der Waals surface area contributed by atoms with Crippen LogP contribution in [-0.4, -0.2) is 30.7 Å². The lowest BCUT2D eigenvalue weighted by Gasteiger charge is -2.18. The van der Waals surface area contributed by atoms with Gasteiger partial charge in [0.25, 0.3) is 11.5 Å². The van der Waals surface area contributed by atoms with Crippen LogP contribution >= 0.6 is 0 Å². The van der Waals surface area contributed by atoms with Crippen molar-refractivity contribution >= 4 is 11.6 Å². The molecule has 1 aromatic carbocycles. The molecule has 2 rings (SSSR count). The van der Waals surface area contributed by atoms with Crippen molar-refractivity contribution < 1.29 is 9.53 Å². The molecule has 0 aliphatic rings. The SMILES string of the molecule is C=C(N[C@@H](C)CC)c1cc(C(=O)NC)c(=O)n(Cc2cccc(OC)c2)c1. The van der Waals surface area contributed by atoms with E-state index in [1.54, 1.807) is 19.4 Å². The highest BCUT2D eigenvalue weighted by Crippen LogP contribution is 2.15. The molecule has 1 amide bonds. The van der Waals surface area contributed by atoms with Crippen molar-refractivity contribution in [3.05, 3.63) is 70.2 Å². The molecule has 0 spiro atoms. The zero-order valence-corrected chi connectivity index (χ0v) is 16.3. The summed E-state index contributed by atoms with van der Waals surface area (Å²) < 4.78 is 6.77. The quantitative estimate of drug-likeness (QED) is 0.750. The first kappa shape index (κ1) is 20.3. The van der Waals surface area contributed by atoms with Crippen molar-refractivity contribution in [1.29, 1.82) is 0 Å². The van der Waals surface area contributed by atoms with Gasteiger partial charge in [-0.3, -0.25) is 9.59 Å². The monoisotopic (exact) mass is 369 g/mol. The first-order chi connectivity index (χ1) is 12.9. The van der Waals surface area contributed by atoms with Crippen LogP contribution in [0.3, 0.4) is 0 Å². The van der Waals surface area contributed by atoms with Gasteiger partial charge in [-0.15, -0.1) is 0 Å². The third-order valence-electron chi connectivity index (χ3n) is 4.43. The number of carbonyl (C=O) groups excluding carboxylic acids is 1. The second-order valence-electron chi connectivity index (χ2n) is 6.44. The molecule has 0 unspecified atom stereocenters. The fourth-order valence-electron chi connectivity index (χ4n) is 2.67. The highest BCUT2D eigenvalue weighted by molar-refractivity contribution is 5.94. The molecule has 6 nitrogen and oxygen atoms in total. The molecule has 0 radical (unpaired) electrons. The average molecular weight is 369 g/mol. The Morgan fingerprint density at radius 1 is 1.33 bits per heavy atom. The maximum atomic E-state index is 12.8. The average Bonchev–Trinajstić information content (AvgIpc) is 2.68. The Balaban J connectivity index is 2.48. The molecule has 1 aromatic heterocycles. The number of methoxy groups -OCH3 is 1. The smallest absolute Gasteiger partial charge is 0.263 e. The maximum absolute atomic E-state index is 12.8. The summed E-state index contributed by atoms with van der Waals surface area (Å²) in [5.41, 5.74) is 2.02. The second kappa shape index (κ2) is 9.07. The van der Waals surface area contributed by atoms with Crippen LogP contribution in [0, 0.1) is 0 Å². The summed E-state index contributed by atoms with van der Waals surface area (Å²) in [7, 11) is 3.10. The fraction of sp³-hybridized carbons (Fsp3) is 0.333. The molecule has 0 aliphatic heterocycles. The standard InChI is InChI=1S/C21H27N3O3/c1-6-14(2)23-15(3)17-11-19(20(25)22-4)21(26)24(13-17)12-16-8-7-9-18(10-16)27-5/h7-11,13-14,23H,3,6,12H2,1-2,4-5H3,(H,22,25)/t14-/m0/s1. The molecule has 0 saturated carbocycles. The van der Waals surface area contributed by atoms with Crippen molar-refractivity contribution in [2.75, 3.05) is 14.2 Å². The van der Waals surface area contributed by atoms with Gasteiger partial charge in [0.05, 0.1) is 13.7 Å². The van der Waals surface area contributed by atoms with E-state index in [-0.39, 0.29) is 17.2 Å². The Kier molecular flexibility index (Phi) is 6.82. The number of rotatable bonds is 8. The highest BCUT2D eigenvalue weighted by atomic mass is 16.5. The van der Waals surface area contributed by atoms with Crippen LogP contribution in [0.25, 0.3) is 5.70 Å². The second-order valence-corrected chi connectivity index (χ2v) is 6.44. The summed E-state index contributed by atoms with van der Waals surface area (Å²) in [6.45, 7) is 8.52. The summed E-state index contributed by atoms with van der Waals surface area (Å²) in [5.74, 6) is 0.295. The van der Waals surface area contributed by atoms with Crippen LogP contribution in [0.15, 0.2) is 47.9 Å². The zero-order chi connectivity index (χ0) is 20.0. The van der Waals surface area contributed by atoms with Gasteiger partial charge in [-0.05, 0) is 37.1 Å². The molecule has 27 heavy (non-hydrogen) atoms. The maximum Gasteiger partial charge on any atom is 0.263 e. The van der Waals surface area contributed by atoms with Crippen LogP contribution in [0.2, 0.25) is 0 Å². The Hall–Kier alpha value is -3.02. The van der Waals surface area contributed by atoms with Gasteiger partial charge < -0.3 is 19.9 Å². The van der Waals surface area contributed by atoms with E-state index in [1.165, 1.54) is 11.6 Å². The van der Waals surface area contributed by atoms with Gasteiger partial charge in [0.1, 0.15) is 11.3 Å². The van der Waals surface area contributed by atoms with E-state index in [4.69, 9.17) is 4.74 Å². The van der Waals surface area contributed by atoms with E-state index in [2.05, 4.69) is 31.1 Å². The molecule has 6 heteroatoms. The van der Waals surface area contributed by atoms with Crippen LogP contribution in [0.5, 0.6) is 5.75 Å². The van der Waals surface area contributed by atoms with Gasteiger partial charge in [-0.2, -0.15) is 0 Å². The number of carbonyl (C=O) groups is 1. The van der Waals surface area contributed by atoms with E-state index < -0.39 is 5.91 Å². The summed E-state index contributed by atoms with van der Waals surface area (Å²) >= 11 is 0. The number of amides is 1. The minimum absolute atomic E-state index is 0.0880. The van der Waals surface area contributed by atoms with Crippen LogP contribution in [-0.2, 0) is 6.54 Å². The van der Waals surface area contributed by atoms with E-state index in [9.17, 15) is 9.59 Å². The van der Waals surface area contributed by atoms with E-state index >= 15 is 0 Å². The molecule has 0 fully saturated rings. The first-order valence-electron chi connectivity index (χ1n) is 8.94. The fourth-order valence-corrected chi connectivity index (χ4v) is 2.67. The third-order valence-corrected chi connectivity index (χ3v) is 4.43. The van der Waals surface area contributed by atoms with E-state index in [0.717, 1.165) is 12.0 Å². The minimum atomic E-state index is -0.419. The Morgan fingerprint density at radius 2 is 2.07 bits per heavy atom. The molecular formula is C21H27N3O3. The summed E-state index contributed by atoms with van der Waals surface area (Å²) in [6.07, 6.45) is 2.66. The Morgan fingerprint density at radius 3 is 2.70 bits per heavy atom. The third kappa shape index (κ3) is 5.00. The van der Waals surface area contributed by atoms with Gasteiger partial charge in [-0.25, -0.2) is 0 Å². The Labute approximate surface area is 159 Å². The topological polar surface area (TPSA) is 72.4 Å². The normalized spacial score (nSPS) is 11.6. The van der Waals surface area contributed by atoms with Crippen molar-refractivity contribution in [2.45, 2.75) is 32.9 Å². The van der Waals surface area contributed by atoms with Gasteiger partial charge in [0.2, 0.25) is 0 Å². The molecule has 2 aromatic rings. The van der Waals surface area contributed by atoms with Crippen LogP contribution < -0.4 is 20.9 Å². The number of aromatic nitrogens is 1. The van der Waals surface area contributed by atoms with Gasteiger partial charge in [-0.1, -0.05) is 25.6 Å². The zero-order valence-electron chi connectivity index (χ0n) is 16.3. The number of pyridine rings is 1. The molecule has 0 bridgehead atoms. The number of nitrogens with zero attached hydrogens (tertiary/aromatic N) is 1. The number of ether oxygens (including phenoxy) is 1. The number of benzene rings is 1. The molecule has 1 atom stereocenters. The number of hydrogen-bond donors (Lipinski definition) is 2. The van der Waals surface area contributed by atoms with Crippen LogP contribution in [0.4, 0.5) is 0 Å². The lowest BCUT2D eigenvalue weighted by atomic mass is 10.1. The molecule has 2 N–H and O–H groups in total. The van der Waals surface area contributed by atoms with Gasteiger partial charge >= 0.3 is 0 Å². The van der Waals surface area contributed by atoms with Gasteiger partial charge in [0.15, 0.2) is 0 Å². The molecule has 1 heterocycles.